The molecule has 1 heterocycles. The van der Waals surface area contributed by atoms with E-state index in [-0.39, 0.29) is 0 Å². The third-order valence-electron chi connectivity index (χ3n) is 1.51. The van der Waals surface area contributed by atoms with Gasteiger partial charge in [0.05, 0.1) is 0 Å². The second-order valence-corrected chi connectivity index (χ2v) is 2.61. The first-order valence-corrected chi connectivity index (χ1v) is 3.78. The van der Waals surface area contributed by atoms with E-state index < -0.39 is 17.9 Å². The molecule has 1 unspecified atom stereocenters. The highest BCUT2D eigenvalue weighted by atomic mass is 19.1. The van der Waals surface area contributed by atoms with Gasteiger partial charge in [0.15, 0.2) is 0 Å². The Hall–Kier alpha value is -1.65. The highest BCUT2D eigenvalue weighted by Gasteiger charge is 2.08. The van der Waals surface area contributed by atoms with Crippen molar-refractivity contribution in [2.45, 2.75) is 13.0 Å². The zero-order valence-electron chi connectivity index (χ0n) is 7.12. The third-order valence-corrected chi connectivity index (χ3v) is 1.51. The topological polar surface area (TPSA) is 68.0 Å². The molecule has 1 aromatic rings. The number of hydrogen-bond acceptors (Lipinski definition) is 3. The van der Waals surface area contributed by atoms with Crippen LogP contribution in [0, 0.1) is 5.95 Å². The number of amides is 1. The molecule has 0 fully saturated rings. The number of nitrogens with two attached hydrogens (primary N) is 1. The van der Waals surface area contributed by atoms with Gasteiger partial charge in [0, 0.05) is 0 Å². The van der Waals surface area contributed by atoms with Crippen LogP contribution in [0.25, 0.3) is 0 Å². The van der Waals surface area contributed by atoms with E-state index in [0.717, 1.165) is 0 Å². The van der Waals surface area contributed by atoms with Crippen LogP contribution in [0.2, 0.25) is 0 Å². The first kappa shape index (κ1) is 9.44. The minimum absolute atomic E-state index is 0.298. The van der Waals surface area contributed by atoms with Crippen LogP contribution in [0.4, 0.5) is 10.2 Å². The summed E-state index contributed by atoms with van der Waals surface area (Å²) in [6.45, 7) is 1.58. The molecule has 1 rings (SSSR count). The van der Waals surface area contributed by atoms with Crippen molar-refractivity contribution < 1.29 is 9.18 Å². The predicted molar refractivity (Wildman–Crippen MR) is 46.5 cm³/mol. The molecule has 70 valence electrons. The van der Waals surface area contributed by atoms with Crippen LogP contribution in [-0.2, 0) is 4.79 Å². The molecule has 1 aromatic heterocycles. The van der Waals surface area contributed by atoms with Crippen LogP contribution >= 0.6 is 0 Å². The zero-order chi connectivity index (χ0) is 9.84. The molecule has 0 aliphatic rings. The average Bonchev–Trinajstić information content (AvgIpc) is 2.04. The van der Waals surface area contributed by atoms with Crippen molar-refractivity contribution in [3.8, 4) is 0 Å². The molecule has 0 aromatic carbocycles. The summed E-state index contributed by atoms with van der Waals surface area (Å²) in [7, 11) is 0. The summed E-state index contributed by atoms with van der Waals surface area (Å²) in [5, 5.41) is 2.66. The molecule has 0 saturated heterocycles. The van der Waals surface area contributed by atoms with Gasteiger partial charge in [-0.3, -0.25) is 4.79 Å². The monoisotopic (exact) mass is 183 g/mol. The van der Waals surface area contributed by atoms with Gasteiger partial charge in [-0.2, -0.15) is 4.39 Å². The summed E-state index contributed by atoms with van der Waals surface area (Å²) >= 11 is 0. The number of primary amides is 1. The Morgan fingerprint density at radius 1 is 1.69 bits per heavy atom. The predicted octanol–water partition coefficient (Wildman–Crippen LogP) is 0.506. The summed E-state index contributed by atoms with van der Waals surface area (Å²) < 4.78 is 12.6. The van der Waals surface area contributed by atoms with Crippen molar-refractivity contribution in [3.63, 3.8) is 0 Å². The lowest BCUT2D eigenvalue weighted by atomic mass is 10.3. The number of carbonyl (C=O) groups excluding carboxylic acids is 1. The van der Waals surface area contributed by atoms with Gasteiger partial charge in [-0.25, -0.2) is 4.98 Å². The SMILES string of the molecule is CC(Nc1cccc(F)n1)C(N)=O. The van der Waals surface area contributed by atoms with Crippen molar-refractivity contribution in [3.05, 3.63) is 24.1 Å². The molecule has 0 saturated carbocycles. The molecule has 1 atom stereocenters. The number of pyridine rings is 1. The third kappa shape index (κ3) is 2.70. The first-order chi connectivity index (χ1) is 6.09. The lowest BCUT2D eigenvalue weighted by Gasteiger charge is -2.09. The van der Waals surface area contributed by atoms with Gasteiger partial charge in [0.25, 0.3) is 0 Å². The molecule has 0 bridgehead atoms. The van der Waals surface area contributed by atoms with Crippen molar-refractivity contribution in [2.24, 2.45) is 5.73 Å². The maximum absolute atomic E-state index is 12.6. The first-order valence-electron chi connectivity index (χ1n) is 3.78. The summed E-state index contributed by atoms with van der Waals surface area (Å²) in [4.78, 5) is 14.1. The normalized spacial score (nSPS) is 12.2. The standard InChI is InChI=1S/C8H10FN3O/c1-5(8(10)13)11-7-4-2-3-6(9)12-7/h2-5H,1H3,(H2,10,13)(H,11,12). The number of anilines is 1. The van der Waals surface area contributed by atoms with Gasteiger partial charge in [0.1, 0.15) is 11.9 Å². The molecule has 13 heavy (non-hydrogen) atoms. The highest BCUT2D eigenvalue weighted by molar-refractivity contribution is 5.82. The van der Waals surface area contributed by atoms with Gasteiger partial charge in [0.2, 0.25) is 11.9 Å². The molecule has 5 heteroatoms. The van der Waals surface area contributed by atoms with Crippen LogP contribution < -0.4 is 11.1 Å². The Morgan fingerprint density at radius 2 is 2.38 bits per heavy atom. The van der Waals surface area contributed by atoms with E-state index in [1.165, 1.54) is 12.1 Å². The molecule has 4 nitrogen and oxygen atoms in total. The van der Waals surface area contributed by atoms with Gasteiger partial charge >= 0.3 is 0 Å². The van der Waals surface area contributed by atoms with E-state index in [0.29, 0.717) is 5.82 Å². The quantitative estimate of drug-likeness (QED) is 0.671. The summed E-state index contributed by atoms with van der Waals surface area (Å²) in [5.41, 5.74) is 5.00. The van der Waals surface area contributed by atoms with Crippen molar-refractivity contribution >= 4 is 11.7 Å². The highest BCUT2D eigenvalue weighted by Crippen LogP contribution is 2.04. The minimum Gasteiger partial charge on any atom is -0.368 e. The Balaban J connectivity index is 2.69. The maximum atomic E-state index is 12.6. The Labute approximate surface area is 75.0 Å². The van der Waals surface area contributed by atoms with Crippen LogP contribution in [0.5, 0.6) is 0 Å². The molecule has 0 spiro atoms. The molecular formula is C8H10FN3O. The van der Waals surface area contributed by atoms with E-state index in [9.17, 15) is 9.18 Å². The van der Waals surface area contributed by atoms with Gasteiger partial charge in [-0.05, 0) is 19.1 Å². The van der Waals surface area contributed by atoms with E-state index in [2.05, 4.69) is 10.3 Å². The fraction of sp³-hybridized carbons (Fsp3) is 0.250. The van der Waals surface area contributed by atoms with Crippen LogP contribution in [0.3, 0.4) is 0 Å². The molecule has 0 aliphatic carbocycles. The Morgan fingerprint density at radius 3 is 2.92 bits per heavy atom. The van der Waals surface area contributed by atoms with E-state index in [1.54, 1.807) is 13.0 Å². The van der Waals surface area contributed by atoms with Gasteiger partial charge in [-0.1, -0.05) is 6.07 Å². The summed E-state index contributed by atoms with van der Waals surface area (Å²) in [5.74, 6) is -0.806. The fourth-order valence-corrected chi connectivity index (χ4v) is 0.782. The number of nitrogens with one attached hydrogen (secondary N) is 1. The van der Waals surface area contributed by atoms with Gasteiger partial charge < -0.3 is 11.1 Å². The number of hydrogen-bond donors (Lipinski definition) is 2. The Bertz CT molecular complexity index is 316. The van der Waals surface area contributed by atoms with E-state index in [1.807, 2.05) is 0 Å². The number of halogens is 1. The minimum atomic E-state index is -0.596. The Kier molecular flexibility index (Phi) is 2.79. The second-order valence-electron chi connectivity index (χ2n) is 2.61. The molecule has 3 N–H and O–H groups in total. The number of aromatic nitrogens is 1. The maximum Gasteiger partial charge on any atom is 0.239 e. The zero-order valence-corrected chi connectivity index (χ0v) is 7.12. The van der Waals surface area contributed by atoms with Crippen LogP contribution in [0.15, 0.2) is 18.2 Å². The summed E-state index contributed by atoms with van der Waals surface area (Å²) in [6.07, 6.45) is 0. The number of carbonyl (C=O) groups is 1. The van der Waals surface area contributed by atoms with Gasteiger partial charge in [-0.15, -0.1) is 0 Å². The number of rotatable bonds is 3. The molecule has 1 amide bonds. The number of nitrogens with zero attached hydrogens (tertiary/aromatic N) is 1. The van der Waals surface area contributed by atoms with Crippen LogP contribution in [0.1, 0.15) is 6.92 Å². The van der Waals surface area contributed by atoms with E-state index in [4.69, 9.17) is 5.73 Å². The van der Waals surface area contributed by atoms with E-state index >= 15 is 0 Å². The fourth-order valence-electron chi connectivity index (χ4n) is 0.782. The second kappa shape index (κ2) is 3.84. The lowest BCUT2D eigenvalue weighted by molar-refractivity contribution is -0.118. The molecule has 0 radical (unpaired) electrons. The van der Waals surface area contributed by atoms with Crippen molar-refractivity contribution in [1.82, 2.24) is 4.98 Å². The largest absolute Gasteiger partial charge is 0.368 e. The lowest BCUT2D eigenvalue weighted by Crippen LogP contribution is -2.32. The smallest absolute Gasteiger partial charge is 0.239 e. The van der Waals surface area contributed by atoms with Crippen molar-refractivity contribution in [2.75, 3.05) is 5.32 Å². The van der Waals surface area contributed by atoms with Crippen LogP contribution in [-0.4, -0.2) is 16.9 Å². The average molecular weight is 183 g/mol. The molecular weight excluding hydrogens is 173 g/mol. The van der Waals surface area contributed by atoms with Crippen molar-refractivity contribution in [1.29, 1.82) is 0 Å². The molecule has 0 aliphatic heterocycles. The summed E-state index contributed by atoms with van der Waals surface area (Å²) in [6, 6.07) is 3.72.